The molecule has 6 nitrogen and oxygen atoms in total. The van der Waals surface area contributed by atoms with E-state index in [9.17, 15) is 13.6 Å². The second-order valence-electron chi connectivity index (χ2n) is 5.76. The van der Waals surface area contributed by atoms with Crippen molar-refractivity contribution in [2.75, 3.05) is 25.6 Å². The fourth-order valence-electron chi connectivity index (χ4n) is 2.34. The molecular formula is C19H21ClF2N2O4. The molecule has 0 aliphatic carbocycles. The number of alkyl halides is 2. The van der Waals surface area contributed by atoms with E-state index in [1.54, 1.807) is 44.4 Å². The molecule has 0 heterocycles. The predicted molar refractivity (Wildman–Crippen MR) is 102 cm³/mol. The smallest absolute Gasteiger partial charge is 0.387 e. The van der Waals surface area contributed by atoms with Crippen molar-refractivity contribution in [2.45, 2.75) is 19.6 Å². The van der Waals surface area contributed by atoms with E-state index in [4.69, 9.17) is 21.1 Å². The summed E-state index contributed by atoms with van der Waals surface area (Å²) in [6, 6.07) is 10.1. The maximum absolute atomic E-state index is 12.3. The summed E-state index contributed by atoms with van der Waals surface area (Å²) in [5.41, 5.74) is 1.09. The lowest BCUT2D eigenvalue weighted by molar-refractivity contribution is -0.0499. The standard InChI is InChI=1S/C19H21ClF2N2O4/c1-12(13-4-3-5-15(10-13)28-18(21)22)23-19(25)24-14-6-7-17(16(20)11-14)27-9-8-26-2/h3-7,10-12,18H,8-9H2,1-2H3,(H2,23,24,25). The highest BCUT2D eigenvalue weighted by molar-refractivity contribution is 6.32. The van der Waals surface area contributed by atoms with E-state index in [0.29, 0.717) is 35.2 Å². The predicted octanol–water partition coefficient (Wildman–Crippen LogP) is 4.85. The van der Waals surface area contributed by atoms with Crippen molar-refractivity contribution < 1.29 is 27.8 Å². The number of rotatable bonds is 9. The maximum Gasteiger partial charge on any atom is 0.387 e. The summed E-state index contributed by atoms with van der Waals surface area (Å²) in [5, 5.41) is 5.72. The first kappa shape index (κ1) is 21.7. The van der Waals surface area contributed by atoms with Crippen LogP contribution in [0.2, 0.25) is 5.02 Å². The van der Waals surface area contributed by atoms with Gasteiger partial charge in [0.1, 0.15) is 18.1 Å². The van der Waals surface area contributed by atoms with Crippen LogP contribution in [0.5, 0.6) is 11.5 Å². The van der Waals surface area contributed by atoms with Gasteiger partial charge in [-0.2, -0.15) is 8.78 Å². The summed E-state index contributed by atoms with van der Waals surface area (Å²) in [6.07, 6.45) is 0. The lowest BCUT2D eigenvalue weighted by atomic mass is 10.1. The third-order valence-corrected chi connectivity index (χ3v) is 3.96. The van der Waals surface area contributed by atoms with Gasteiger partial charge >= 0.3 is 12.6 Å². The van der Waals surface area contributed by atoms with Crippen molar-refractivity contribution in [2.24, 2.45) is 0 Å². The van der Waals surface area contributed by atoms with Crippen LogP contribution < -0.4 is 20.1 Å². The van der Waals surface area contributed by atoms with E-state index >= 15 is 0 Å². The maximum atomic E-state index is 12.3. The number of carbonyl (C=O) groups is 1. The number of urea groups is 1. The molecule has 0 aliphatic heterocycles. The number of ether oxygens (including phenoxy) is 3. The third-order valence-electron chi connectivity index (χ3n) is 3.67. The average molecular weight is 415 g/mol. The summed E-state index contributed by atoms with van der Waals surface area (Å²) < 4.78 is 39.4. The molecule has 0 radical (unpaired) electrons. The first-order chi connectivity index (χ1) is 13.4. The molecule has 152 valence electrons. The van der Waals surface area contributed by atoms with Gasteiger partial charge in [-0.15, -0.1) is 0 Å². The number of hydrogen-bond donors (Lipinski definition) is 2. The molecule has 2 aromatic rings. The zero-order valence-corrected chi connectivity index (χ0v) is 16.1. The van der Waals surface area contributed by atoms with Gasteiger partial charge in [-0.05, 0) is 42.8 Å². The minimum Gasteiger partial charge on any atom is -0.490 e. The highest BCUT2D eigenvalue weighted by Gasteiger charge is 2.13. The number of hydrogen-bond acceptors (Lipinski definition) is 4. The van der Waals surface area contributed by atoms with Crippen LogP contribution in [0, 0.1) is 0 Å². The first-order valence-corrected chi connectivity index (χ1v) is 8.80. The van der Waals surface area contributed by atoms with Crippen LogP contribution in [0.1, 0.15) is 18.5 Å². The normalized spacial score (nSPS) is 11.8. The second kappa shape index (κ2) is 10.7. The molecule has 9 heteroatoms. The van der Waals surface area contributed by atoms with Crippen LogP contribution in [0.15, 0.2) is 42.5 Å². The SMILES string of the molecule is COCCOc1ccc(NC(=O)NC(C)c2cccc(OC(F)F)c2)cc1Cl. The van der Waals surface area contributed by atoms with Crippen molar-refractivity contribution >= 4 is 23.3 Å². The molecule has 1 unspecified atom stereocenters. The summed E-state index contributed by atoms with van der Waals surface area (Å²) in [4.78, 5) is 12.2. The van der Waals surface area contributed by atoms with E-state index in [1.807, 2.05) is 0 Å². The monoisotopic (exact) mass is 414 g/mol. The fourth-order valence-corrected chi connectivity index (χ4v) is 2.57. The van der Waals surface area contributed by atoms with E-state index in [1.165, 1.54) is 12.1 Å². The topological polar surface area (TPSA) is 68.8 Å². The Kier molecular flexibility index (Phi) is 8.28. The highest BCUT2D eigenvalue weighted by atomic mass is 35.5. The summed E-state index contributed by atoms with van der Waals surface area (Å²) >= 11 is 6.14. The summed E-state index contributed by atoms with van der Waals surface area (Å²) in [7, 11) is 1.57. The lowest BCUT2D eigenvalue weighted by Gasteiger charge is -2.16. The Morgan fingerprint density at radius 3 is 2.64 bits per heavy atom. The quantitative estimate of drug-likeness (QED) is 0.575. The molecule has 2 amide bonds. The minimum absolute atomic E-state index is 0.0254. The molecule has 0 aliphatic rings. The van der Waals surface area contributed by atoms with E-state index in [0.717, 1.165) is 0 Å². The number of amides is 2. The molecule has 0 bridgehead atoms. The minimum atomic E-state index is -2.91. The van der Waals surface area contributed by atoms with Gasteiger partial charge in [0.15, 0.2) is 0 Å². The fraction of sp³-hybridized carbons (Fsp3) is 0.316. The molecular weight excluding hydrogens is 394 g/mol. The van der Waals surface area contributed by atoms with Gasteiger partial charge in [-0.3, -0.25) is 0 Å². The molecule has 0 saturated carbocycles. The van der Waals surface area contributed by atoms with Crippen molar-refractivity contribution in [3.05, 3.63) is 53.1 Å². The molecule has 0 spiro atoms. The largest absolute Gasteiger partial charge is 0.490 e. The number of anilines is 1. The summed E-state index contributed by atoms with van der Waals surface area (Å²) in [5.74, 6) is 0.506. The molecule has 0 aromatic heterocycles. The Hall–Kier alpha value is -2.58. The zero-order valence-electron chi connectivity index (χ0n) is 15.4. The zero-order chi connectivity index (χ0) is 20.5. The molecule has 0 fully saturated rings. The third kappa shape index (κ3) is 6.86. The van der Waals surface area contributed by atoms with Crippen molar-refractivity contribution in [1.29, 1.82) is 0 Å². The van der Waals surface area contributed by atoms with Gasteiger partial charge in [0, 0.05) is 12.8 Å². The molecule has 1 atom stereocenters. The number of methoxy groups -OCH3 is 1. The van der Waals surface area contributed by atoms with Gasteiger partial charge in [0.05, 0.1) is 17.7 Å². The molecule has 0 saturated heterocycles. The van der Waals surface area contributed by atoms with Crippen LogP contribution in [0.4, 0.5) is 19.3 Å². The number of benzene rings is 2. The van der Waals surface area contributed by atoms with Gasteiger partial charge < -0.3 is 24.8 Å². The molecule has 2 rings (SSSR count). The Labute approximate surface area is 166 Å². The first-order valence-electron chi connectivity index (χ1n) is 8.42. The Morgan fingerprint density at radius 2 is 1.96 bits per heavy atom. The highest BCUT2D eigenvalue weighted by Crippen LogP contribution is 2.28. The second-order valence-corrected chi connectivity index (χ2v) is 6.16. The van der Waals surface area contributed by atoms with Crippen LogP contribution in [0.3, 0.4) is 0 Å². The summed E-state index contributed by atoms with van der Waals surface area (Å²) in [6.45, 7) is -0.399. The van der Waals surface area contributed by atoms with Gasteiger partial charge in [0.2, 0.25) is 0 Å². The number of carbonyl (C=O) groups excluding carboxylic acids is 1. The van der Waals surface area contributed by atoms with Gasteiger partial charge in [0.25, 0.3) is 0 Å². The molecule has 2 aromatic carbocycles. The van der Waals surface area contributed by atoms with Crippen LogP contribution in [0.25, 0.3) is 0 Å². The van der Waals surface area contributed by atoms with Crippen molar-refractivity contribution in [3.8, 4) is 11.5 Å². The Balaban J connectivity index is 1.93. The molecule has 2 N–H and O–H groups in total. The Morgan fingerprint density at radius 1 is 1.18 bits per heavy atom. The van der Waals surface area contributed by atoms with Crippen LogP contribution in [-0.2, 0) is 4.74 Å². The number of nitrogens with one attached hydrogen (secondary N) is 2. The van der Waals surface area contributed by atoms with Crippen LogP contribution in [-0.4, -0.2) is 33.0 Å². The van der Waals surface area contributed by atoms with Crippen molar-refractivity contribution in [3.63, 3.8) is 0 Å². The van der Waals surface area contributed by atoms with E-state index in [2.05, 4.69) is 15.4 Å². The van der Waals surface area contributed by atoms with Crippen LogP contribution >= 0.6 is 11.6 Å². The van der Waals surface area contributed by atoms with Gasteiger partial charge in [-0.1, -0.05) is 23.7 Å². The lowest BCUT2D eigenvalue weighted by Crippen LogP contribution is -2.31. The van der Waals surface area contributed by atoms with E-state index in [-0.39, 0.29) is 5.75 Å². The van der Waals surface area contributed by atoms with E-state index < -0.39 is 18.7 Å². The number of halogens is 3. The molecule has 28 heavy (non-hydrogen) atoms. The average Bonchev–Trinajstić information content (AvgIpc) is 2.63. The Bertz CT molecular complexity index is 792. The van der Waals surface area contributed by atoms with Gasteiger partial charge in [-0.25, -0.2) is 4.79 Å². The van der Waals surface area contributed by atoms with Crippen molar-refractivity contribution in [1.82, 2.24) is 5.32 Å².